The molecule has 0 aromatic heterocycles. The Hall–Kier alpha value is -2.96. The Kier molecular flexibility index (Phi) is 11.2. The van der Waals surface area contributed by atoms with Crippen molar-refractivity contribution in [1.82, 2.24) is 0 Å². The fourth-order valence-electron chi connectivity index (χ4n) is 4.66. The Balaban J connectivity index is 2.16. The molecule has 2 N–H and O–H groups in total. The largest absolute Gasteiger partial charge is 0.467 e. The third kappa shape index (κ3) is 8.78. The van der Waals surface area contributed by atoms with Crippen LogP contribution >= 0.6 is 0 Å². The van der Waals surface area contributed by atoms with E-state index in [1.807, 2.05) is 6.92 Å². The van der Waals surface area contributed by atoms with E-state index in [9.17, 15) is 19.8 Å². The van der Waals surface area contributed by atoms with Gasteiger partial charge in [-0.05, 0) is 59.6 Å². The van der Waals surface area contributed by atoms with Crippen LogP contribution in [0.25, 0.3) is 6.08 Å². The molecule has 1 fully saturated rings. The van der Waals surface area contributed by atoms with Gasteiger partial charge < -0.3 is 38.6 Å². The number of methoxy groups -OCH3 is 1. The number of hydrogen-bond donors (Lipinski definition) is 2. The summed E-state index contributed by atoms with van der Waals surface area (Å²) < 4.78 is 34.5. The lowest BCUT2D eigenvalue weighted by Gasteiger charge is -2.28. The van der Waals surface area contributed by atoms with Crippen molar-refractivity contribution in [1.29, 1.82) is 0 Å². The number of amides is 1. The van der Waals surface area contributed by atoms with E-state index >= 15 is 0 Å². The SMILES string of the molecule is COCOc1cc(N(CCO)C(=O)OC(C)(C)C)cc2c1C(=O)O[C@@H](C)[C@H](C)/C=C\[C@@H](O)[C@H]1OC(C)(C)O[C@H]1CC=C2. The van der Waals surface area contributed by atoms with Gasteiger partial charge in [0.05, 0.1) is 24.9 Å². The third-order valence-corrected chi connectivity index (χ3v) is 6.77. The van der Waals surface area contributed by atoms with Gasteiger partial charge in [-0.1, -0.05) is 31.2 Å². The summed E-state index contributed by atoms with van der Waals surface area (Å²) in [5.74, 6) is -1.64. The first-order chi connectivity index (χ1) is 19.7. The summed E-state index contributed by atoms with van der Waals surface area (Å²) in [4.78, 5) is 28.0. The fraction of sp³-hybridized carbons (Fsp3) is 0.613. The number of benzene rings is 1. The van der Waals surface area contributed by atoms with Gasteiger partial charge >= 0.3 is 12.1 Å². The molecule has 1 amide bonds. The zero-order valence-electron chi connectivity index (χ0n) is 25.8. The van der Waals surface area contributed by atoms with Crippen molar-refractivity contribution in [2.45, 2.75) is 90.7 Å². The van der Waals surface area contributed by atoms with Crippen LogP contribution in [-0.4, -0.2) is 85.1 Å². The van der Waals surface area contributed by atoms with Gasteiger partial charge in [-0.15, -0.1) is 0 Å². The lowest BCUT2D eigenvalue weighted by Crippen LogP contribution is -2.38. The molecule has 0 spiro atoms. The van der Waals surface area contributed by atoms with Gasteiger partial charge in [0.1, 0.15) is 35.2 Å². The Bertz CT molecular complexity index is 1160. The maximum absolute atomic E-state index is 13.6. The molecular weight excluding hydrogens is 546 g/mol. The minimum Gasteiger partial charge on any atom is -0.467 e. The first kappa shape index (κ1) is 33.5. The second kappa shape index (κ2) is 14.0. The number of ether oxygens (including phenoxy) is 6. The molecule has 5 atom stereocenters. The molecule has 1 aromatic rings. The molecule has 0 saturated carbocycles. The number of anilines is 1. The van der Waals surface area contributed by atoms with Crippen molar-refractivity contribution in [3.05, 3.63) is 41.5 Å². The number of esters is 1. The van der Waals surface area contributed by atoms with E-state index in [-0.39, 0.29) is 37.2 Å². The van der Waals surface area contributed by atoms with Crippen LogP contribution in [0.15, 0.2) is 30.4 Å². The average Bonchev–Trinajstić information content (AvgIpc) is 3.21. The van der Waals surface area contributed by atoms with E-state index in [1.165, 1.54) is 18.1 Å². The molecule has 11 heteroatoms. The lowest BCUT2D eigenvalue weighted by molar-refractivity contribution is -0.152. The zero-order valence-corrected chi connectivity index (χ0v) is 25.8. The van der Waals surface area contributed by atoms with E-state index in [0.717, 1.165) is 0 Å². The smallest absolute Gasteiger partial charge is 0.414 e. The highest BCUT2D eigenvalue weighted by Gasteiger charge is 2.43. The predicted octanol–water partition coefficient (Wildman–Crippen LogP) is 4.44. The van der Waals surface area contributed by atoms with Crippen molar-refractivity contribution in [3.63, 3.8) is 0 Å². The molecule has 2 heterocycles. The van der Waals surface area contributed by atoms with Crippen LogP contribution in [0, 0.1) is 5.92 Å². The summed E-state index contributed by atoms with van der Waals surface area (Å²) >= 11 is 0. The predicted molar refractivity (Wildman–Crippen MR) is 156 cm³/mol. The second-order valence-electron chi connectivity index (χ2n) is 11.9. The molecule has 1 saturated heterocycles. The molecule has 0 unspecified atom stereocenters. The summed E-state index contributed by atoms with van der Waals surface area (Å²) in [5, 5.41) is 20.7. The van der Waals surface area contributed by atoms with Crippen molar-refractivity contribution in [2.24, 2.45) is 5.92 Å². The number of aliphatic hydroxyl groups is 2. The van der Waals surface area contributed by atoms with E-state index in [4.69, 9.17) is 28.4 Å². The molecule has 0 radical (unpaired) electrons. The molecule has 0 bridgehead atoms. The van der Waals surface area contributed by atoms with E-state index in [1.54, 1.807) is 71.9 Å². The van der Waals surface area contributed by atoms with Crippen molar-refractivity contribution >= 4 is 23.8 Å². The molecule has 11 nitrogen and oxygen atoms in total. The van der Waals surface area contributed by atoms with Gasteiger partial charge in [-0.25, -0.2) is 9.59 Å². The Labute approximate surface area is 248 Å². The molecule has 2 aliphatic heterocycles. The summed E-state index contributed by atoms with van der Waals surface area (Å²) in [6.45, 7) is 11.9. The van der Waals surface area contributed by atoms with Gasteiger partial charge in [-0.3, -0.25) is 4.90 Å². The Morgan fingerprint density at radius 3 is 2.52 bits per heavy atom. The first-order valence-electron chi connectivity index (χ1n) is 14.2. The topological polar surface area (TPSA) is 133 Å². The quantitative estimate of drug-likeness (QED) is 0.278. The Morgan fingerprint density at radius 1 is 1.17 bits per heavy atom. The summed E-state index contributed by atoms with van der Waals surface area (Å²) in [6.07, 6.45) is 4.04. The first-order valence-corrected chi connectivity index (χ1v) is 14.2. The van der Waals surface area contributed by atoms with E-state index < -0.39 is 47.9 Å². The maximum atomic E-state index is 13.6. The summed E-state index contributed by atoms with van der Waals surface area (Å²) in [7, 11) is 1.45. The number of aliphatic hydroxyl groups excluding tert-OH is 2. The molecule has 3 rings (SSSR count). The second-order valence-corrected chi connectivity index (χ2v) is 11.9. The Morgan fingerprint density at radius 2 is 1.88 bits per heavy atom. The highest BCUT2D eigenvalue weighted by Crippen LogP contribution is 2.35. The lowest BCUT2D eigenvalue weighted by atomic mass is 9.98. The number of rotatable bonds is 6. The maximum Gasteiger partial charge on any atom is 0.414 e. The summed E-state index contributed by atoms with van der Waals surface area (Å²) in [6, 6.07) is 3.15. The highest BCUT2D eigenvalue weighted by molar-refractivity contribution is 5.99. The molecule has 0 aliphatic carbocycles. The van der Waals surface area contributed by atoms with Gasteiger partial charge in [0, 0.05) is 19.1 Å². The number of fused-ring (bicyclic) bond motifs is 2. The van der Waals surface area contributed by atoms with Gasteiger partial charge in [0.25, 0.3) is 0 Å². The van der Waals surface area contributed by atoms with Gasteiger partial charge in [0.15, 0.2) is 12.6 Å². The number of cyclic esters (lactones) is 1. The normalized spacial score (nSPS) is 26.8. The van der Waals surface area contributed by atoms with Crippen LogP contribution in [0.4, 0.5) is 10.5 Å². The molecular formula is C31H45NO10. The molecule has 42 heavy (non-hydrogen) atoms. The van der Waals surface area contributed by atoms with Crippen molar-refractivity contribution < 1.29 is 48.2 Å². The van der Waals surface area contributed by atoms with Crippen LogP contribution < -0.4 is 9.64 Å². The monoisotopic (exact) mass is 591 g/mol. The van der Waals surface area contributed by atoms with Crippen LogP contribution in [0.1, 0.15) is 70.8 Å². The number of nitrogens with zero attached hydrogens (tertiary/aromatic N) is 1. The van der Waals surface area contributed by atoms with Crippen LogP contribution in [0.3, 0.4) is 0 Å². The van der Waals surface area contributed by atoms with E-state index in [0.29, 0.717) is 17.7 Å². The third-order valence-electron chi connectivity index (χ3n) is 6.77. The van der Waals surface area contributed by atoms with Gasteiger partial charge in [-0.2, -0.15) is 0 Å². The van der Waals surface area contributed by atoms with Crippen LogP contribution in [0.5, 0.6) is 5.75 Å². The average molecular weight is 592 g/mol. The minimum absolute atomic E-state index is 0.0611. The highest BCUT2D eigenvalue weighted by atomic mass is 16.8. The zero-order chi connectivity index (χ0) is 31.2. The molecule has 234 valence electrons. The number of carbonyl (C=O) groups is 2. The van der Waals surface area contributed by atoms with Crippen LogP contribution in [-0.2, 0) is 23.7 Å². The standard InChI is InChI=1S/C31H45NO10/c1-19-12-13-23(34)27-24(40-31(6,7)41-27)11-9-10-21-16-22(32(14-15-33)29(36)42-30(3,4)5)17-25(38-18-37-8)26(21)28(35)39-20(19)2/h9-10,12-13,16-17,19-20,23-24,27,33-34H,11,14-15,18H2,1-8H3/b10-9?,13-12-/t19-,20+,23-,24+,27-/m1/s1. The van der Waals surface area contributed by atoms with Crippen molar-refractivity contribution in [3.8, 4) is 5.75 Å². The fourth-order valence-corrected chi connectivity index (χ4v) is 4.66. The van der Waals surface area contributed by atoms with Gasteiger partial charge in [0.2, 0.25) is 0 Å². The van der Waals surface area contributed by atoms with E-state index in [2.05, 4.69) is 0 Å². The van der Waals surface area contributed by atoms with Crippen LogP contribution in [0.2, 0.25) is 0 Å². The summed E-state index contributed by atoms with van der Waals surface area (Å²) in [5.41, 5.74) is 0.0940. The molecule has 2 aliphatic rings. The number of carbonyl (C=O) groups excluding carboxylic acids is 2. The minimum atomic E-state index is -0.938. The molecule has 1 aromatic carbocycles. The van der Waals surface area contributed by atoms with Crippen molar-refractivity contribution in [2.75, 3.05) is 32.0 Å². The number of hydrogen-bond acceptors (Lipinski definition) is 10.